The lowest BCUT2D eigenvalue weighted by atomic mass is 10.1. The number of benzene rings is 2. The van der Waals surface area contributed by atoms with Crippen molar-refractivity contribution >= 4 is 28.8 Å². The van der Waals surface area contributed by atoms with Gasteiger partial charge in [0.2, 0.25) is 11.9 Å². The van der Waals surface area contributed by atoms with Crippen LogP contribution < -0.4 is 11.1 Å². The molecule has 132 valence electrons. The fourth-order valence-electron chi connectivity index (χ4n) is 3.65. The fraction of sp³-hybridized carbons (Fsp3) is 0.250. The molecule has 1 aromatic heterocycles. The van der Waals surface area contributed by atoms with E-state index in [0.29, 0.717) is 23.1 Å². The van der Waals surface area contributed by atoms with Crippen molar-refractivity contribution in [3.63, 3.8) is 0 Å². The number of anilines is 1. The molecular weight excluding hydrogens is 328 g/mol. The van der Waals surface area contributed by atoms with Gasteiger partial charge in [0.25, 0.3) is 5.91 Å². The smallest absolute Gasteiger partial charge is 0.257 e. The van der Waals surface area contributed by atoms with E-state index in [9.17, 15) is 9.59 Å². The number of carbonyl (C=O) groups excluding carboxylic acids is 2. The van der Waals surface area contributed by atoms with Gasteiger partial charge >= 0.3 is 0 Å². The topological polar surface area (TPSA) is 90.0 Å². The van der Waals surface area contributed by atoms with Crippen molar-refractivity contribution in [3.05, 3.63) is 59.7 Å². The summed E-state index contributed by atoms with van der Waals surface area (Å²) in [6, 6.07) is 14.6. The van der Waals surface area contributed by atoms with Crippen LogP contribution in [0.2, 0.25) is 0 Å². The highest BCUT2D eigenvalue weighted by Crippen LogP contribution is 2.35. The highest BCUT2D eigenvalue weighted by molar-refractivity contribution is 6.05. The van der Waals surface area contributed by atoms with E-state index in [1.54, 1.807) is 18.2 Å². The molecular formula is C20H20N4O2. The van der Waals surface area contributed by atoms with Crippen LogP contribution in [0.25, 0.3) is 11.0 Å². The minimum Gasteiger partial charge on any atom is -0.366 e. The van der Waals surface area contributed by atoms with Crippen molar-refractivity contribution in [3.8, 4) is 0 Å². The zero-order chi connectivity index (χ0) is 18.1. The summed E-state index contributed by atoms with van der Waals surface area (Å²) >= 11 is 0. The minimum absolute atomic E-state index is 0.303. The summed E-state index contributed by atoms with van der Waals surface area (Å²) in [7, 11) is 0. The number of primary amides is 1. The average molecular weight is 348 g/mol. The summed E-state index contributed by atoms with van der Waals surface area (Å²) in [5.41, 5.74) is 7.88. The van der Waals surface area contributed by atoms with Crippen LogP contribution in [-0.2, 0) is 0 Å². The Morgan fingerprint density at radius 3 is 2.54 bits per heavy atom. The molecule has 6 nitrogen and oxygen atoms in total. The first-order valence-corrected chi connectivity index (χ1v) is 8.81. The number of nitrogens with two attached hydrogens (primary N) is 1. The predicted molar refractivity (Wildman–Crippen MR) is 100 cm³/mol. The molecule has 0 saturated heterocycles. The zero-order valence-electron chi connectivity index (χ0n) is 14.3. The number of rotatable bonds is 4. The SMILES string of the molecule is NC(=O)c1cccc(C(=O)Nc2nc3ccccc3n2C2CCCC2)c1. The number of hydrogen-bond donors (Lipinski definition) is 2. The summed E-state index contributed by atoms with van der Waals surface area (Å²) in [5, 5.41) is 2.92. The monoisotopic (exact) mass is 348 g/mol. The Morgan fingerprint density at radius 1 is 1.04 bits per heavy atom. The molecule has 0 spiro atoms. The van der Waals surface area contributed by atoms with Gasteiger partial charge in [-0.1, -0.05) is 31.0 Å². The number of nitrogens with zero attached hydrogens (tertiary/aromatic N) is 2. The fourth-order valence-corrected chi connectivity index (χ4v) is 3.65. The van der Waals surface area contributed by atoms with Gasteiger partial charge in [-0.25, -0.2) is 4.98 Å². The van der Waals surface area contributed by atoms with E-state index >= 15 is 0 Å². The molecule has 2 aromatic carbocycles. The maximum absolute atomic E-state index is 12.7. The molecule has 0 atom stereocenters. The highest BCUT2D eigenvalue weighted by Gasteiger charge is 2.23. The van der Waals surface area contributed by atoms with E-state index in [0.717, 1.165) is 23.9 Å². The van der Waals surface area contributed by atoms with Crippen LogP contribution in [0.4, 0.5) is 5.95 Å². The van der Waals surface area contributed by atoms with Crippen LogP contribution in [0.5, 0.6) is 0 Å². The first kappa shape index (κ1) is 16.3. The third kappa shape index (κ3) is 2.94. The molecule has 1 aliphatic carbocycles. The number of para-hydroxylation sites is 2. The van der Waals surface area contributed by atoms with Gasteiger partial charge in [0.05, 0.1) is 11.0 Å². The zero-order valence-corrected chi connectivity index (χ0v) is 14.3. The Morgan fingerprint density at radius 2 is 1.77 bits per heavy atom. The number of hydrogen-bond acceptors (Lipinski definition) is 3. The van der Waals surface area contributed by atoms with Crippen LogP contribution in [0.1, 0.15) is 52.4 Å². The predicted octanol–water partition coefficient (Wildman–Crippen LogP) is 3.50. The summed E-state index contributed by atoms with van der Waals surface area (Å²) in [5.74, 6) is -0.312. The molecule has 1 fully saturated rings. The summed E-state index contributed by atoms with van der Waals surface area (Å²) < 4.78 is 2.14. The number of carbonyl (C=O) groups is 2. The van der Waals surface area contributed by atoms with Crippen molar-refractivity contribution < 1.29 is 9.59 Å². The maximum Gasteiger partial charge on any atom is 0.257 e. The van der Waals surface area contributed by atoms with Crippen LogP contribution in [-0.4, -0.2) is 21.4 Å². The van der Waals surface area contributed by atoms with E-state index in [4.69, 9.17) is 5.73 Å². The number of imidazole rings is 1. The van der Waals surface area contributed by atoms with Crippen molar-refractivity contribution in [1.29, 1.82) is 0 Å². The van der Waals surface area contributed by atoms with E-state index < -0.39 is 5.91 Å². The van der Waals surface area contributed by atoms with E-state index in [-0.39, 0.29) is 5.91 Å². The van der Waals surface area contributed by atoms with Gasteiger partial charge < -0.3 is 10.3 Å². The number of aromatic nitrogens is 2. The molecule has 1 heterocycles. The van der Waals surface area contributed by atoms with Crippen molar-refractivity contribution in [2.24, 2.45) is 5.73 Å². The molecule has 3 aromatic rings. The highest BCUT2D eigenvalue weighted by atomic mass is 16.2. The Bertz CT molecular complexity index is 986. The standard InChI is InChI=1S/C20H20N4O2/c21-18(25)13-6-5-7-14(12-13)19(26)23-20-22-16-10-3-4-11-17(16)24(20)15-8-1-2-9-15/h3-7,10-12,15H,1-2,8-9H2,(H2,21,25)(H,22,23,26). The van der Waals surface area contributed by atoms with Crippen molar-refractivity contribution in [2.75, 3.05) is 5.32 Å². The van der Waals surface area contributed by atoms with Gasteiger partial charge in [-0.05, 0) is 43.2 Å². The second kappa shape index (κ2) is 6.63. The molecule has 6 heteroatoms. The van der Waals surface area contributed by atoms with Gasteiger partial charge in [-0.3, -0.25) is 14.9 Å². The Labute approximate surface area is 151 Å². The summed E-state index contributed by atoms with van der Waals surface area (Å²) in [6.45, 7) is 0. The minimum atomic E-state index is -0.558. The molecule has 1 aliphatic rings. The van der Waals surface area contributed by atoms with Gasteiger partial charge in [-0.2, -0.15) is 0 Å². The third-order valence-electron chi connectivity index (χ3n) is 4.92. The first-order valence-electron chi connectivity index (χ1n) is 8.81. The second-order valence-corrected chi connectivity index (χ2v) is 6.63. The molecule has 0 aliphatic heterocycles. The molecule has 0 unspecified atom stereocenters. The molecule has 3 N–H and O–H groups in total. The van der Waals surface area contributed by atoms with Crippen LogP contribution in [0, 0.1) is 0 Å². The van der Waals surface area contributed by atoms with Gasteiger partial charge in [0.1, 0.15) is 0 Å². The summed E-state index contributed by atoms with van der Waals surface area (Å²) in [6.07, 6.45) is 4.54. The van der Waals surface area contributed by atoms with Gasteiger partial charge in [0.15, 0.2) is 0 Å². The summed E-state index contributed by atoms with van der Waals surface area (Å²) in [4.78, 5) is 28.7. The van der Waals surface area contributed by atoms with Crippen LogP contribution in [0.3, 0.4) is 0 Å². The Kier molecular flexibility index (Phi) is 4.16. The average Bonchev–Trinajstić information content (AvgIpc) is 3.28. The van der Waals surface area contributed by atoms with Crippen LogP contribution >= 0.6 is 0 Å². The molecule has 0 radical (unpaired) electrons. The van der Waals surface area contributed by atoms with Gasteiger partial charge in [0, 0.05) is 17.2 Å². The Balaban J connectivity index is 1.70. The molecule has 2 amide bonds. The molecule has 1 saturated carbocycles. The first-order chi connectivity index (χ1) is 12.6. The van der Waals surface area contributed by atoms with Crippen molar-refractivity contribution in [2.45, 2.75) is 31.7 Å². The quantitative estimate of drug-likeness (QED) is 0.756. The lowest BCUT2D eigenvalue weighted by Gasteiger charge is -2.16. The Hall–Kier alpha value is -3.15. The largest absolute Gasteiger partial charge is 0.366 e. The van der Waals surface area contributed by atoms with Crippen LogP contribution in [0.15, 0.2) is 48.5 Å². The molecule has 0 bridgehead atoms. The number of amides is 2. The molecule has 4 rings (SSSR count). The normalized spacial score (nSPS) is 14.6. The van der Waals surface area contributed by atoms with E-state index in [1.807, 2.05) is 24.3 Å². The lowest BCUT2D eigenvalue weighted by Crippen LogP contribution is -2.19. The number of nitrogens with one attached hydrogen (secondary N) is 1. The van der Waals surface area contributed by atoms with E-state index in [2.05, 4.69) is 14.9 Å². The maximum atomic E-state index is 12.7. The van der Waals surface area contributed by atoms with Crippen molar-refractivity contribution in [1.82, 2.24) is 9.55 Å². The second-order valence-electron chi connectivity index (χ2n) is 6.63. The molecule has 26 heavy (non-hydrogen) atoms. The number of fused-ring (bicyclic) bond motifs is 1. The van der Waals surface area contributed by atoms with Gasteiger partial charge in [-0.15, -0.1) is 0 Å². The lowest BCUT2D eigenvalue weighted by molar-refractivity contribution is 0.1000. The third-order valence-corrected chi connectivity index (χ3v) is 4.92. The van der Waals surface area contributed by atoms with E-state index in [1.165, 1.54) is 18.9 Å².